The average molecular weight is 572 g/mol. The summed E-state index contributed by atoms with van der Waals surface area (Å²) in [4.78, 5) is 27.6. The van der Waals surface area contributed by atoms with E-state index < -0.39 is 0 Å². The molecule has 186 valence electrons. The van der Waals surface area contributed by atoms with Crippen molar-refractivity contribution in [2.75, 3.05) is 6.79 Å². The molecule has 0 saturated carbocycles. The first-order valence-corrected chi connectivity index (χ1v) is 13.2. The lowest BCUT2D eigenvalue weighted by molar-refractivity contribution is -0.123. The van der Waals surface area contributed by atoms with Gasteiger partial charge in [0.1, 0.15) is 0 Å². The van der Waals surface area contributed by atoms with Gasteiger partial charge in [0.15, 0.2) is 11.5 Å². The second-order valence-electron chi connectivity index (χ2n) is 8.53. The quantitative estimate of drug-likeness (QED) is 0.231. The van der Waals surface area contributed by atoms with Crippen molar-refractivity contribution in [2.45, 2.75) is 13.1 Å². The summed E-state index contributed by atoms with van der Waals surface area (Å²) >= 11 is 19.7. The first-order chi connectivity index (χ1) is 17.9. The standard InChI is InChI=1S/C27H17Cl3N2O4S/c28-18-6-5-15(20(29)9-18)11-31-12-16(19-3-1-2-4-22(19)31)8-25-26(33)32(27(34)37-25)13-17-7-23-24(10-21(17)30)36-14-35-23/h1-10,12H,11,13-14H2/b25-8-. The van der Waals surface area contributed by atoms with Crippen molar-refractivity contribution in [3.63, 3.8) is 0 Å². The van der Waals surface area contributed by atoms with E-state index in [4.69, 9.17) is 44.3 Å². The van der Waals surface area contributed by atoms with Gasteiger partial charge in [-0.15, -0.1) is 0 Å². The molecule has 10 heteroatoms. The fourth-order valence-electron chi connectivity index (χ4n) is 4.38. The Bertz CT molecular complexity index is 1630. The molecular weight excluding hydrogens is 555 g/mol. The molecule has 4 aromatic rings. The number of amides is 2. The first kappa shape index (κ1) is 24.2. The minimum absolute atomic E-state index is 0.0360. The van der Waals surface area contributed by atoms with Crippen LogP contribution in [0.25, 0.3) is 17.0 Å². The molecule has 0 unspecified atom stereocenters. The van der Waals surface area contributed by atoms with E-state index in [-0.39, 0.29) is 24.5 Å². The van der Waals surface area contributed by atoms with Crippen LogP contribution in [0.2, 0.25) is 15.1 Å². The number of fused-ring (bicyclic) bond motifs is 2. The van der Waals surface area contributed by atoms with Crippen LogP contribution in [-0.4, -0.2) is 27.4 Å². The van der Waals surface area contributed by atoms with Crippen molar-refractivity contribution >= 4 is 74.7 Å². The van der Waals surface area contributed by atoms with Crippen molar-refractivity contribution in [1.29, 1.82) is 0 Å². The molecule has 1 aromatic heterocycles. The van der Waals surface area contributed by atoms with Crippen LogP contribution in [-0.2, 0) is 17.9 Å². The molecule has 6 rings (SSSR count). The predicted molar refractivity (Wildman–Crippen MR) is 147 cm³/mol. The number of carbonyl (C=O) groups excluding carboxylic acids is 2. The number of nitrogens with zero attached hydrogens (tertiary/aromatic N) is 2. The fraction of sp³-hybridized carbons (Fsp3) is 0.111. The normalized spacial score (nSPS) is 16.0. The maximum atomic E-state index is 13.3. The van der Waals surface area contributed by atoms with Crippen LogP contribution >= 0.6 is 46.6 Å². The highest BCUT2D eigenvalue weighted by Gasteiger charge is 2.36. The number of halogens is 3. The van der Waals surface area contributed by atoms with Gasteiger partial charge in [-0.2, -0.15) is 0 Å². The molecule has 2 aliphatic heterocycles. The molecule has 0 N–H and O–H groups in total. The lowest BCUT2D eigenvalue weighted by Gasteiger charge is -2.14. The van der Waals surface area contributed by atoms with Gasteiger partial charge >= 0.3 is 0 Å². The van der Waals surface area contributed by atoms with E-state index in [2.05, 4.69) is 4.57 Å². The summed E-state index contributed by atoms with van der Waals surface area (Å²) in [6.07, 6.45) is 3.72. The van der Waals surface area contributed by atoms with Crippen LogP contribution in [0.15, 0.2) is 65.7 Å². The smallest absolute Gasteiger partial charge is 0.293 e. The van der Waals surface area contributed by atoms with Gasteiger partial charge in [-0.1, -0.05) is 59.1 Å². The van der Waals surface area contributed by atoms with Gasteiger partial charge in [-0.25, -0.2) is 0 Å². The van der Waals surface area contributed by atoms with E-state index in [1.54, 1.807) is 30.3 Å². The molecule has 2 aliphatic rings. The summed E-state index contributed by atoms with van der Waals surface area (Å²) in [6, 6.07) is 16.6. The van der Waals surface area contributed by atoms with Crippen LogP contribution in [0.1, 0.15) is 16.7 Å². The van der Waals surface area contributed by atoms with E-state index in [9.17, 15) is 9.59 Å². The minimum atomic E-state index is -0.374. The molecule has 37 heavy (non-hydrogen) atoms. The summed E-state index contributed by atoms with van der Waals surface area (Å²) < 4.78 is 12.8. The number of para-hydroxylation sites is 1. The Hall–Kier alpha value is -3.10. The third kappa shape index (κ3) is 4.57. The summed E-state index contributed by atoms with van der Waals surface area (Å²) in [5, 5.41) is 2.15. The zero-order chi connectivity index (χ0) is 25.7. The second-order valence-corrected chi connectivity index (χ2v) is 10.8. The minimum Gasteiger partial charge on any atom is -0.454 e. The fourth-order valence-corrected chi connectivity index (χ4v) is 5.89. The first-order valence-electron chi connectivity index (χ1n) is 11.2. The number of hydrogen-bond acceptors (Lipinski definition) is 5. The third-order valence-electron chi connectivity index (χ3n) is 6.21. The molecule has 2 amide bonds. The van der Waals surface area contributed by atoms with E-state index in [1.165, 1.54) is 4.90 Å². The lowest BCUT2D eigenvalue weighted by Crippen LogP contribution is -2.27. The SMILES string of the molecule is O=C1S/C(=C\c2cn(Cc3ccc(Cl)cc3Cl)c3ccccc23)C(=O)N1Cc1cc2c(cc1Cl)OCO2. The Morgan fingerprint density at radius 1 is 0.892 bits per heavy atom. The molecule has 0 aliphatic carbocycles. The average Bonchev–Trinajstić information content (AvgIpc) is 3.54. The van der Waals surface area contributed by atoms with Crippen LogP contribution < -0.4 is 9.47 Å². The monoisotopic (exact) mass is 570 g/mol. The number of ether oxygens (including phenoxy) is 2. The topological polar surface area (TPSA) is 60.8 Å². The zero-order valence-corrected chi connectivity index (χ0v) is 22.1. The van der Waals surface area contributed by atoms with Crippen molar-refractivity contribution in [2.24, 2.45) is 0 Å². The molecule has 0 spiro atoms. The number of aromatic nitrogens is 1. The zero-order valence-electron chi connectivity index (χ0n) is 19.0. The summed E-state index contributed by atoms with van der Waals surface area (Å²) in [5.74, 6) is 0.705. The second kappa shape index (κ2) is 9.65. The Labute approximate surface area is 231 Å². The Morgan fingerprint density at radius 2 is 1.65 bits per heavy atom. The largest absolute Gasteiger partial charge is 0.454 e. The molecule has 6 nitrogen and oxygen atoms in total. The Kier molecular flexibility index (Phi) is 6.32. The number of imide groups is 1. The number of thioether (sulfide) groups is 1. The molecule has 0 atom stereocenters. The number of benzene rings is 3. The molecule has 3 aromatic carbocycles. The Balaban J connectivity index is 1.30. The molecule has 3 heterocycles. The van der Waals surface area contributed by atoms with Gasteiger partial charge < -0.3 is 14.0 Å². The highest BCUT2D eigenvalue weighted by Crippen LogP contribution is 2.40. The predicted octanol–water partition coefficient (Wildman–Crippen LogP) is 7.62. The third-order valence-corrected chi connectivity index (χ3v) is 8.05. The highest BCUT2D eigenvalue weighted by atomic mass is 35.5. The van der Waals surface area contributed by atoms with Crippen molar-refractivity contribution in [3.8, 4) is 11.5 Å². The number of hydrogen-bond donors (Lipinski definition) is 0. The van der Waals surface area contributed by atoms with Crippen molar-refractivity contribution in [3.05, 3.63) is 97.5 Å². The van der Waals surface area contributed by atoms with Crippen LogP contribution in [0.3, 0.4) is 0 Å². The van der Waals surface area contributed by atoms with Crippen LogP contribution in [0.5, 0.6) is 11.5 Å². The van der Waals surface area contributed by atoms with Crippen molar-refractivity contribution in [1.82, 2.24) is 9.47 Å². The van der Waals surface area contributed by atoms with E-state index >= 15 is 0 Å². The van der Waals surface area contributed by atoms with Crippen LogP contribution in [0.4, 0.5) is 4.79 Å². The summed E-state index contributed by atoms with van der Waals surface area (Å²) in [6.45, 7) is 0.667. The summed E-state index contributed by atoms with van der Waals surface area (Å²) in [5.41, 5.74) is 3.32. The summed E-state index contributed by atoms with van der Waals surface area (Å²) in [7, 11) is 0. The molecule has 0 bridgehead atoms. The van der Waals surface area contributed by atoms with E-state index in [0.717, 1.165) is 33.8 Å². The van der Waals surface area contributed by atoms with Gasteiger partial charge in [0.05, 0.1) is 11.4 Å². The molecule has 0 radical (unpaired) electrons. The van der Waals surface area contributed by atoms with Gasteiger partial charge in [0.2, 0.25) is 6.79 Å². The van der Waals surface area contributed by atoms with Gasteiger partial charge in [-0.3, -0.25) is 14.5 Å². The highest BCUT2D eigenvalue weighted by molar-refractivity contribution is 8.18. The number of carbonyl (C=O) groups is 2. The lowest BCUT2D eigenvalue weighted by atomic mass is 10.1. The molecular formula is C27H17Cl3N2O4S. The maximum Gasteiger partial charge on any atom is 0.293 e. The molecule has 1 saturated heterocycles. The van der Waals surface area contributed by atoms with E-state index in [0.29, 0.717) is 43.6 Å². The number of rotatable bonds is 5. The Morgan fingerprint density at radius 3 is 2.46 bits per heavy atom. The maximum absolute atomic E-state index is 13.3. The van der Waals surface area contributed by atoms with Gasteiger partial charge in [0.25, 0.3) is 11.1 Å². The van der Waals surface area contributed by atoms with Gasteiger partial charge in [-0.05, 0) is 53.2 Å². The molecule has 1 fully saturated rings. The van der Waals surface area contributed by atoms with E-state index in [1.807, 2.05) is 36.5 Å². The van der Waals surface area contributed by atoms with Gasteiger partial charge in [0, 0.05) is 50.3 Å². The van der Waals surface area contributed by atoms with Crippen molar-refractivity contribution < 1.29 is 19.1 Å². The van der Waals surface area contributed by atoms with Crippen LogP contribution in [0, 0.1) is 0 Å².